The Balaban J connectivity index is 1.99. The van der Waals surface area contributed by atoms with Crippen LogP contribution in [0.4, 0.5) is 11.8 Å². The summed E-state index contributed by atoms with van der Waals surface area (Å²) in [6.45, 7) is 4.86. The molecule has 1 saturated heterocycles. The second-order valence-electron chi connectivity index (χ2n) is 5.55. The van der Waals surface area contributed by atoms with Crippen LogP contribution in [-0.2, 0) is 6.42 Å². The van der Waals surface area contributed by atoms with Crippen molar-refractivity contribution < 1.29 is 4.79 Å². The van der Waals surface area contributed by atoms with Gasteiger partial charge in [-0.15, -0.1) is 0 Å². The maximum absolute atomic E-state index is 12.1. The molecule has 1 fully saturated rings. The lowest BCUT2D eigenvalue weighted by molar-refractivity contribution is 0.0972. The zero-order valence-electron chi connectivity index (χ0n) is 12.1. The summed E-state index contributed by atoms with van der Waals surface area (Å²) in [6.07, 6.45) is 6.13. The monoisotopic (exact) mass is 274 g/mol. The van der Waals surface area contributed by atoms with Crippen molar-refractivity contribution in [3.05, 3.63) is 11.3 Å². The molecule has 0 amide bonds. The third-order valence-electron chi connectivity index (χ3n) is 4.05. The normalized spacial score (nSPS) is 18.9. The molecule has 3 rings (SSSR count). The predicted octanol–water partition coefficient (Wildman–Crippen LogP) is 2.42. The minimum Gasteiger partial charge on any atom is -0.370 e. The largest absolute Gasteiger partial charge is 0.370 e. The van der Waals surface area contributed by atoms with Gasteiger partial charge >= 0.3 is 0 Å². The number of piperidine rings is 1. The van der Waals surface area contributed by atoms with Gasteiger partial charge in [0.1, 0.15) is 5.82 Å². The maximum atomic E-state index is 12.1. The molecular weight excluding hydrogens is 252 g/mol. The molecule has 2 heterocycles. The number of Topliss-reactive ketones (excluding diaryl/α,β-unsaturated/α-hetero) is 1. The summed E-state index contributed by atoms with van der Waals surface area (Å²) in [5, 5.41) is 3.25. The number of nitrogens with zero attached hydrogens (tertiary/aromatic N) is 3. The minimum absolute atomic E-state index is 0.187. The molecule has 2 aliphatic rings. The number of nitrogens with one attached hydrogen (secondary N) is 1. The standard InChI is InChI=1S/C15H22N4O/c1-2-16-14-13-11(7-6-8-12(13)20)17-15(18-14)19-9-4-3-5-10-19/h2-10H2,1H3,(H,16,17,18). The van der Waals surface area contributed by atoms with Gasteiger partial charge in [-0.05, 0) is 39.0 Å². The molecule has 0 bridgehead atoms. The molecule has 20 heavy (non-hydrogen) atoms. The summed E-state index contributed by atoms with van der Waals surface area (Å²) < 4.78 is 0. The molecule has 1 N–H and O–H groups in total. The van der Waals surface area contributed by atoms with Gasteiger partial charge in [-0.1, -0.05) is 0 Å². The molecule has 0 atom stereocenters. The molecule has 1 aliphatic carbocycles. The molecule has 0 unspecified atom stereocenters. The number of carbonyl (C=O) groups excluding carboxylic acids is 1. The quantitative estimate of drug-likeness (QED) is 0.917. The highest BCUT2D eigenvalue weighted by Gasteiger charge is 2.25. The van der Waals surface area contributed by atoms with Crippen molar-refractivity contribution in [1.29, 1.82) is 0 Å². The second-order valence-corrected chi connectivity index (χ2v) is 5.55. The van der Waals surface area contributed by atoms with Crippen LogP contribution in [-0.4, -0.2) is 35.4 Å². The lowest BCUT2D eigenvalue weighted by Crippen LogP contribution is -2.32. The van der Waals surface area contributed by atoms with E-state index in [-0.39, 0.29) is 5.78 Å². The van der Waals surface area contributed by atoms with Gasteiger partial charge in [0.05, 0.1) is 11.3 Å². The first kappa shape index (κ1) is 13.3. The Morgan fingerprint density at radius 3 is 2.65 bits per heavy atom. The first-order valence-corrected chi connectivity index (χ1v) is 7.72. The van der Waals surface area contributed by atoms with Crippen LogP contribution in [0, 0.1) is 0 Å². The number of hydrogen-bond acceptors (Lipinski definition) is 5. The van der Waals surface area contributed by atoms with Gasteiger partial charge in [0.2, 0.25) is 5.95 Å². The number of hydrogen-bond donors (Lipinski definition) is 1. The Bertz CT molecular complexity index is 509. The average Bonchev–Trinajstić information content (AvgIpc) is 2.48. The molecule has 1 aromatic heterocycles. The van der Waals surface area contributed by atoms with Crippen molar-refractivity contribution in [3.63, 3.8) is 0 Å². The number of fused-ring (bicyclic) bond motifs is 1. The molecule has 0 spiro atoms. The van der Waals surface area contributed by atoms with Gasteiger partial charge in [0.25, 0.3) is 0 Å². The number of ketones is 1. The summed E-state index contributed by atoms with van der Waals surface area (Å²) in [5.41, 5.74) is 1.67. The summed E-state index contributed by atoms with van der Waals surface area (Å²) >= 11 is 0. The van der Waals surface area contributed by atoms with Gasteiger partial charge in [0, 0.05) is 26.1 Å². The minimum atomic E-state index is 0.187. The van der Waals surface area contributed by atoms with Gasteiger partial charge in [0.15, 0.2) is 5.78 Å². The molecule has 0 aromatic carbocycles. The second kappa shape index (κ2) is 5.77. The zero-order valence-corrected chi connectivity index (χ0v) is 12.1. The Labute approximate surface area is 119 Å². The molecule has 0 saturated carbocycles. The van der Waals surface area contributed by atoms with E-state index in [1.807, 2.05) is 6.92 Å². The van der Waals surface area contributed by atoms with Crippen LogP contribution < -0.4 is 10.2 Å². The maximum Gasteiger partial charge on any atom is 0.227 e. The van der Waals surface area contributed by atoms with Crippen LogP contribution in [0.5, 0.6) is 0 Å². The van der Waals surface area contributed by atoms with E-state index in [0.717, 1.165) is 55.5 Å². The average molecular weight is 274 g/mol. The Morgan fingerprint density at radius 2 is 1.90 bits per heavy atom. The van der Waals surface area contributed by atoms with Crippen molar-refractivity contribution >= 4 is 17.5 Å². The fraction of sp³-hybridized carbons (Fsp3) is 0.667. The molecule has 1 aliphatic heterocycles. The van der Waals surface area contributed by atoms with Crippen molar-refractivity contribution in [2.45, 2.75) is 45.4 Å². The number of carbonyl (C=O) groups is 1. The van der Waals surface area contributed by atoms with E-state index >= 15 is 0 Å². The first-order valence-electron chi connectivity index (χ1n) is 7.72. The lowest BCUT2D eigenvalue weighted by Gasteiger charge is -2.28. The number of aryl methyl sites for hydroxylation is 1. The highest BCUT2D eigenvalue weighted by molar-refractivity contribution is 6.02. The van der Waals surface area contributed by atoms with E-state index < -0.39 is 0 Å². The zero-order chi connectivity index (χ0) is 13.9. The Kier molecular flexibility index (Phi) is 3.85. The van der Waals surface area contributed by atoms with Crippen LogP contribution >= 0.6 is 0 Å². The van der Waals surface area contributed by atoms with Crippen LogP contribution in [0.2, 0.25) is 0 Å². The summed E-state index contributed by atoms with van der Waals surface area (Å²) in [5.74, 6) is 1.73. The predicted molar refractivity (Wildman–Crippen MR) is 79.5 cm³/mol. The SMILES string of the molecule is CCNc1nc(N2CCCCC2)nc2c1C(=O)CCC2. The van der Waals surface area contributed by atoms with Gasteiger partial charge in [-0.3, -0.25) is 4.79 Å². The van der Waals surface area contributed by atoms with Crippen molar-refractivity contribution in [1.82, 2.24) is 9.97 Å². The molecule has 5 nitrogen and oxygen atoms in total. The van der Waals surface area contributed by atoms with E-state index in [1.165, 1.54) is 19.3 Å². The third-order valence-corrected chi connectivity index (χ3v) is 4.05. The molecule has 0 radical (unpaired) electrons. The van der Waals surface area contributed by atoms with Crippen LogP contribution in [0.3, 0.4) is 0 Å². The van der Waals surface area contributed by atoms with Gasteiger partial charge in [-0.25, -0.2) is 4.98 Å². The summed E-state index contributed by atoms with van der Waals surface area (Å²) in [6, 6.07) is 0. The van der Waals surface area contributed by atoms with Crippen LogP contribution in [0.1, 0.15) is 55.1 Å². The Hall–Kier alpha value is -1.65. The topological polar surface area (TPSA) is 58.1 Å². The fourth-order valence-electron chi connectivity index (χ4n) is 3.04. The highest BCUT2D eigenvalue weighted by Crippen LogP contribution is 2.28. The van der Waals surface area contributed by atoms with Gasteiger partial charge in [-0.2, -0.15) is 4.98 Å². The third kappa shape index (κ3) is 2.49. The van der Waals surface area contributed by atoms with Gasteiger partial charge < -0.3 is 10.2 Å². The fourth-order valence-corrected chi connectivity index (χ4v) is 3.04. The summed E-state index contributed by atoms with van der Waals surface area (Å²) in [4.78, 5) is 23.7. The van der Waals surface area contributed by atoms with Crippen LogP contribution in [0.25, 0.3) is 0 Å². The number of anilines is 2. The Morgan fingerprint density at radius 1 is 1.10 bits per heavy atom. The molecular formula is C15H22N4O. The number of aromatic nitrogens is 2. The molecule has 5 heteroatoms. The van der Waals surface area contributed by atoms with E-state index in [1.54, 1.807) is 0 Å². The van der Waals surface area contributed by atoms with Crippen molar-refractivity contribution in [2.75, 3.05) is 29.9 Å². The van der Waals surface area contributed by atoms with E-state index in [4.69, 9.17) is 0 Å². The smallest absolute Gasteiger partial charge is 0.227 e. The van der Waals surface area contributed by atoms with E-state index in [0.29, 0.717) is 6.42 Å². The van der Waals surface area contributed by atoms with E-state index in [2.05, 4.69) is 20.2 Å². The number of rotatable bonds is 3. The van der Waals surface area contributed by atoms with E-state index in [9.17, 15) is 4.79 Å². The molecule has 1 aromatic rings. The van der Waals surface area contributed by atoms with Crippen LogP contribution in [0.15, 0.2) is 0 Å². The lowest BCUT2D eigenvalue weighted by atomic mass is 9.95. The first-order chi connectivity index (χ1) is 9.79. The van der Waals surface area contributed by atoms with Crippen molar-refractivity contribution in [3.8, 4) is 0 Å². The van der Waals surface area contributed by atoms with Crippen molar-refractivity contribution in [2.24, 2.45) is 0 Å². The highest BCUT2D eigenvalue weighted by atomic mass is 16.1. The molecule has 108 valence electrons. The summed E-state index contributed by atoms with van der Waals surface area (Å²) in [7, 11) is 0.